The van der Waals surface area contributed by atoms with Gasteiger partial charge in [0, 0.05) is 6.54 Å². The third kappa shape index (κ3) is 3.34. The van der Waals surface area contributed by atoms with Crippen LogP contribution in [0.5, 0.6) is 0 Å². The first-order chi connectivity index (χ1) is 7.88. The Balaban J connectivity index is 1.79. The quantitative estimate of drug-likeness (QED) is 0.748. The van der Waals surface area contributed by atoms with Crippen molar-refractivity contribution in [2.75, 3.05) is 19.6 Å². The van der Waals surface area contributed by atoms with Gasteiger partial charge in [0.1, 0.15) is 0 Å². The Labute approximate surface area is 99.5 Å². The molecule has 0 spiro atoms. The van der Waals surface area contributed by atoms with E-state index in [1.807, 2.05) is 0 Å². The van der Waals surface area contributed by atoms with Gasteiger partial charge in [-0.1, -0.05) is 37.6 Å². The molecule has 0 N–H and O–H groups in total. The molecule has 0 radical (unpaired) electrons. The van der Waals surface area contributed by atoms with Crippen LogP contribution >= 0.6 is 0 Å². The Bertz CT molecular complexity index is 296. The number of piperidine rings is 1. The van der Waals surface area contributed by atoms with Gasteiger partial charge in [0.25, 0.3) is 0 Å². The van der Waals surface area contributed by atoms with Crippen LogP contribution < -0.4 is 0 Å². The number of rotatable bonds is 4. The van der Waals surface area contributed by atoms with Crippen LogP contribution in [-0.2, 0) is 12.8 Å². The monoisotopic (exact) mass is 217 g/mol. The summed E-state index contributed by atoms with van der Waals surface area (Å²) in [6.07, 6.45) is 6.58. The summed E-state index contributed by atoms with van der Waals surface area (Å²) in [6.45, 7) is 6.08. The molecule has 16 heavy (non-hydrogen) atoms. The molecule has 0 unspecified atom stereocenters. The minimum atomic E-state index is 1.15. The molecule has 1 saturated heterocycles. The van der Waals surface area contributed by atoms with E-state index < -0.39 is 0 Å². The van der Waals surface area contributed by atoms with Gasteiger partial charge >= 0.3 is 0 Å². The number of nitrogens with zero attached hydrogens (tertiary/aromatic N) is 1. The van der Waals surface area contributed by atoms with Crippen molar-refractivity contribution in [1.29, 1.82) is 0 Å². The van der Waals surface area contributed by atoms with Gasteiger partial charge in [0.05, 0.1) is 0 Å². The van der Waals surface area contributed by atoms with Crippen LogP contribution in [0.25, 0.3) is 0 Å². The number of hydrogen-bond donors (Lipinski definition) is 0. The SMILES string of the molecule is CCc1ccc(CCN2CCCCC2)cc1. The first kappa shape index (κ1) is 11.7. The topological polar surface area (TPSA) is 3.24 Å². The van der Waals surface area contributed by atoms with Crippen molar-refractivity contribution >= 4 is 0 Å². The Kier molecular flexibility index (Phi) is 4.41. The molecule has 0 bridgehead atoms. The zero-order valence-electron chi connectivity index (χ0n) is 10.4. The van der Waals surface area contributed by atoms with Gasteiger partial charge in [0.2, 0.25) is 0 Å². The van der Waals surface area contributed by atoms with Crippen LogP contribution in [0.1, 0.15) is 37.3 Å². The van der Waals surface area contributed by atoms with Gasteiger partial charge in [-0.3, -0.25) is 0 Å². The molecule has 1 nitrogen and oxygen atoms in total. The van der Waals surface area contributed by atoms with E-state index in [4.69, 9.17) is 0 Å². The summed E-state index contributed by atoms with van der Waals surface area (Å²) < 4.78 is 0. The molecule has 0 atom stereocenters. The fraction of sp³-hybridized carbons (Fsp3) is 0.600. The van der Waals surface area contributed by atoms with E-state index in [-0.39, 0.29) is 0 Å². The second kappa shape index (κ2) is 6.05. The molecule has 1 aromatic carbocycles. The van der Waals surface area contributed by atoms with Gasteiger partial charge in [-0.15, -0.1) is 0 Å². The zero-order chi connectivity index (χ0) is 11.2. The molecule has 0 amide bonds. The summed E-state index contributed by atoms with van der Waals surface area (Å²) in [5, 5.41) is 0. The highest BCUT2D eigenvalue weighted by molar-refractivity contribution is 5.22. The van der Waals surface area contributed by atoms with E-state index in [0.717, 1.165) is 6.42 Å². The van der Waals surface area contributed by atoms with Gasteiger partial charge in [-0.2, -0.15) is 0 Å². The Morgan fingerprint density at radius 3 is 2.19 bits per heavy atom. The smallest absolute Gasteiger partial charge is 0.00218 e. The number of aryl methyl sites for hydroxylation is 1. The van der Waals surface area contributed by atoms with E-state index in [2.05, 4.69) is 36.1 Å². The van der Waals surface area contributed by atoms with Crippen LogP contribution in [-0.4, -0.2) is 24.5 Å². The van der Waals surface area contributed by atoms with E-state index in [1.165, 1.54) is 56.4 Å². The zero-order valence-corrected chi connectivity index (χ0v) is 10.4. The molecular weight excluding hydrogens is 194 g/mol. The second-order valence-electron chi connectivity index (χ2n) is 4.82. The van der Waals surface area contributed by atoms with Crippen LogP contribution in [0.4, 0.5) is 0 Å². The van der Waals surface area contributed by atoms with Gasteiger partial charge in [-0.25, -0.2) is 0 Å². The Morgan fingerprint density at radius 2 is 1.56 bits per heavy atom. The third-order valence-electron chi connectivity index (χ3n) is 3.60. The van der Waals surface area contributed by atoms with Crippen molar-refractivity contribution in [1.82, 2.24) is 4.90 Å². The fourth-order valence-corrected chi connectivity index (χ4v) is 2.41. The summed E-state index contributed by atoms with van der Waals surface area (Å²) in [6, 6.07) is 9.13. The molecule has 88 valence electrons. The molecule has 2 rings (SSSR count). The van der Waals surface area contributed by atoms with Crippen LogP contribution in [0.15, 0.2) is 24.3 Å². The normalized spacial score (nSPS) is 17.6. The van der Waals surface area contributed by atoms with E-state index in [0.29, 0.717) is 0 Å². The molecule has 1 heteroatoms. The highest BCUT2D eigenvalue weighted by atomic mass is 15.1. The minimum absolute atomic E-state index is 1.15. The maximum absolute atomic E-state index is 2.61. The first-order valence-corrected chi connectivity index (χ1v) is 6.68. The molecular formula is C15H23N. The predicted octanol–water partition coefficient (Wildman–Crippen LogP) is 3.28. The van der Waals surface area contributed by atoms with Gasteiger partial charge in [0.15, 0.2) is 0 Å². The van der Waals surface area contributed by atoms with Gasteiger partial charge < -0.3 is 4.90 Å². The third-order valence-corrected chi connectivity index (χ3v) is 3.60. The maximum atomic E-state index is 2.61. The summed E-state index contributed by atoms with van der Waals surface area (Å²) in [7, 11) is 0. The average Bonchev–Trinajstić information content (AvgIpc) is 2.38. The lowest BCUT2D eigenvalue weighted by atomic mass is 10.1. The lowest BCUT2D eigenvalue weighted by Gasteiger charge is -2.26. The lowest BCUT2D eigenvalue weighted by Crippen LogP contribution is -2.31. The molecule has 0 aromatic heterocycles. The molecule has 0 aliphatic carbocycles. The standard InChI is InChI=1S/C15H23N/c1-2-14-6-8-15(9-7-14)10-13-16-11-4-3-5-12-16/h6-9H,2-5,10-13H2,1H3. The van der Waals surface area contributed by atoms with Crippen molar-refractivity contribution in [3.63, 3.8) is 0 Å². The van der Waals surface area contributed by atoms with Crippen molar-refractivity contribution in [2.45, 2.75) is 39.0 Å². The largest absolute Gasteiger partial charge is 0.303 e. The Hall–Kier alpha value is -0.820. The minimum Gasteiger partial charge on any atom is -0.303 e. The van der Waals surface area contributed by atoms with E-state index in [1.54, 1.807) is 0 Å². The van der Waals surface area contributed by atoms with E-state index in [9.17, 15) is 0 Å². The van der Waals surface area contributed by atoms with Crippen molar-refractivity contribution in [3.05, 3.63) is 35.4 Å². The van der Waals surface area contributed by atoms with Crippen LogP contribution in [0.2, 0.25) is 0 Å². The molecule has 1 fully saturated rings. The molecule has 1 aliphatic heterocycles. The maximum Gasteiger partial charge on any atom is 0.00218 e. The summed E-state index contributed by atoms with van der Waals surface area (Å²) in [5.74, 6) is 0. The number of likely N-dealkylation sites (tertiary alicyclic amines) is 1. The van der Waals surface area contributed by atoms with Gasteiger partial charge in [-0.05, 0) is 49.9 Å². The number of hydrogen-bond acceptors (Lipinski definition) is 1. The molecule has 1 aromatic rings. The second-order valence-corrected chi connectivity index (χ2v) is 4.82. The first-order valence-electron chi connectivity index (χ1n) is 6.68. The van der Waals surface area contributed by atoms with Crippen molar-refractivity contribution in [2.24, 2.45) is 0 Å². The van der Waals surface area contributed by atoms with Crippen LogP contribution in [0, 0.1) is 0 Å². The summed E-state index contributed by atoms with van der Waals surface area (Å²) >= 11 is 0. The highest BCUT2D eigenvalue weighted by Crippen LogP contribution is 2.11. The van der Waals surface area contributed by atoms with Crippen molar-refractivity contribution in [3.8, 4) is 0 Å². The summed E-state index contributed by atoms with van der Waals surface area (Å²) in [5.41, 5.74) is 2.93. The lowest BCUT2D eigenvalue weighted by molar-refractivity contribution is 0.231. The average molecular weight is 217 g/mol. The van der Waals surface area contributed by atoms with E-state index >= 15 is 0 Å². The number of benzene rings is 1. The van der Waals surface area contributed by atoms with Crippen LogP contribution in [0.3, 0.4) is 0 Å². The summed E-state index contributed by atoms with van der Waals surface area (Å²) in [4.78, 5) is 2.61. The Morgan fingerprint density at radius 1 is 0.938 bits per heavy atom. The highest BCUT2D eigenvalue weighted by Gasteiger charge is 2.09. The predicted molar refractivity (Wildman–Crippen MR) is 69.8 cm³/mol. The fourth-order valence-electron chi connectivity index (χ4n) is 2.41. The molecule has 1 aliphatic rings. The molecule has 1 heterocycles. The molecule has 0 saturated carbocycles. The van der Waals surface area contributed by atoms with Crippen molar-refractivity contribution < 1.29 is 0 Å².